The molecule has 2 aromatic heterocycles. The zero-order valence-electron chi connectivity index (χ0n) is 14.9. The number of phenolic OH excluding ortho intramolecular Hbond substituents is 1. The van der Waals surface area contributed by atoms with E-state index in [9.17, 15) is 5.11 Å². The molecule has 4 aromatic rings. The average molecular weight is 368 g/mol. The Hall–Kier alpha value is -3.92. The lowest BCUT2D eigenvalue weighted by Crippen LogP contribution is -2.10. The molecule has 2 aromatic carbocycles. The molecule has 0 radical (unpaired) electrons. The Bertz CT molecular complexity index is 1240. The monoisotopic (exact) mass is 368 g/mol. The van der Waals surface area contributed by atoms with Crippen molar-refractivity contribution in [2.45, 2.75) is 18.9 Å². The van der Waals surface area contributed by atoms with E-state index in [1.165, 1.54) is 5.56 Å². The summed E-state index contributed by atoms with van der Waals surface area (Å²) >= 11 is 0. The molecule has 28 heavy (non-hydrogen) atoms. The van der Waals surface area contributed by atoms with Gasteiger partial charge in [-0.25, -0.2) is 9.97 Å². The highest BCUT2D eigenvalue weighted by molar-refractivity contribution is 5.78. The molecule has 1 aliphatic rings. The molecular formula is C21H16N6O. The van der Waals surface area contributed by atoms with E-state index in [-0.39, 0.29) is 11.8 Å². The second-order valence-electron chi connectivity index (χ2n) is 6.81. The molecule has 2 N–H and O–H groups in total. The minimum Gasteiger partial charge on any atom is -0.508 e. The van der Waals surface area contributed by atoms with E-state index >= 15 is 0 Å². The largest absolute Gasteiger partial charge is 0.508 e. The van der Waals surface area contributed by atoms with Crippen LogP contribution in [0.2, 0.25) is 0 Å². The molecular weight excluding hydrogens is 352 g/mol. The molecule has 1 aliphatic carbocycles. The summed E-state index contributed by atoms with van der Waals surface area (Å²) in [7, 11) is 0. The molecule has 0 saturated heterocycles. The van der Waals surface area contributed by atoms with Gasteiger partial charge in [-0.3, -0.25) is 9.55 Å². The quantitative estimate of drug-likeness (QED) is 0.574. The summed E-state index contributed by atoms with van der Waals surface area (Å²) in [5.41, 5.74) is 4.51. The van der Waals surface area contributed by atoms with E-state index in [0.717, 1.165) is 29.4 Å². The molecule has 0 fully saturated rings. The fraction of sp³-hybridized carbons (Fsp3) is 0.143. The third kappa shape index (κ3) is 2.72. The van der Waals surface area contributed by atoms with Crippen LogP contribution in [0.15, 0.2) is 55.1 Å². The van der Waals surface area contributed by atoms with Gasteiger partial charge in [0.2, 0.25) is 0 Å². The highest BCUT2D eigenvalue weighted by Gasteiger charge is 2.23. The minimum absolute atomic E-state index is 0.0874. The molecule has 1 unspecified atom stereocenters. The average Bonchev–Trinajstić information content (AvgIpc) is 3.32. The molecule has 0 amide bonds. The first-order valence-electron chi connectivity index (χ1n) is 8.99. The van der Waals surface area contributed by atoms with Crippen LogP contribution in [-0.4, -0.2) is 24.6 Å². The zero-order valence-corrected chi connectivity index (χ0v) is 14.9. The van der Waals surface area contributed by atoms with Crippen LogP contribution in [0.5, 0.6) is 5.75 Å². The Morgan fingerprint density at radius 2 is 2.11 bits per heavy atom. The lowest BCUT2D eigenvalue weighted by Gasteiger charge is -2.15. The van der Waals surface area contributed by atoms with E-state index in [0.29, 0.717) is 17.2 Å². The smallest absolute Gasteiger partial charge is 0.159 e. The number of anilines is 1. The Morgan fingerprint density at radius 1 is 1.18 bits per heavy atom. The molecule has 7 nitrogen and oxygen atoms in total. The van der Waals surface area contributed by atoms with Crippen molar-refractivity contribution < 1.29 is 5.11 Å². The molecule has 5 rings (SSSR count). The van der Waals surface area contributed by atoms with Crippen molar-refractivity contribution in [1.82, 2.24) is 19.5 Å². The minimum atomic E-state index is 0.0874. The van der Waals surface area contributed by atoms with Crippen molar-refractivity contribution in [3.05, 3.63) is 71.8 Å². The predicted octanol–water partition coefficient (Wildman–Crippen LogP) is 3.49. The Labute approximate surface area is 160 Å². The summed E-state index contributed by atoms with van der Waals surface area (Å²) in [6.07, 6.45) is 6.96. The van der Waals surface area contributed by atoms with Gasteiger partial charge in [-0.1, -0.05) is 6.07 Å². The lowest BCUT2D eigenvalue weighted by molar-refractivity contribution is 0.474. The van der Waals surface area contributed by atoms with Crippen molar-refractivity contribution in [3.63, 3.8) is 0 Å². The normalized spacial score (nSPS) is 15.3. The Kier molecular flexibility index (Phi) is 3.69. The Balaban J connectivity index is 1.47. The topological polar surface area (TPSA) is 99.7 Å². The van der Waals surface area contributed by atoms with Gasteiger partial charge >= 0.3 is 0 Å². The van der Waals surface area contributed by atoms with E-state index in [1.54, 1.807) is 36.9 Å². The molecule has 0 spiro atoms. The number of nitriles is 1. The maximum atomic E-state index is 9.80. The second-order valence-corrected chi connectivity index (χ2v) is 6.81. The first kappa shape index (κ1) is 16.3. The number of nitrogens with one attached hydrogen (secondary N) is 1. The number of rotatable bonds is 3. The second kappa shape index (κ2) is 6.35. The molecule has 136 valence electrons. The molecule has 0 bridgehead atoms. The van der Waals surface area contributed by atoms with Crippen LogP contribution in [0, 0.1) is 11.3 Å². The number of hydrogen-bond donors (Lipinski definition) is 2. The number of aromatic nitrogens is 4. The number of phenols is 1. The maximum Gasteiger partial charge on any atom is 0.159 e. The summed E-state index contributed by atoms with van der Waals surface area (Å²) < 4.78 is 1.85. The van der Waals surface area contributed by atoms with Gasteiger partial charge in [-0.15, -0.1) is 0 Å². The van der Waals surface area contributed by atoms with E-state index in [2.05, 4.69) is 26.3 Å². The van der Waals surface area contributed by atoms with E-state index in [1.807, 2.05) is 22.8 Å². The molecule has 0 saturated carbocycles. The van der Waals surface area contributed by atoms with Crippen molar-refractivity contribution in [1.29, 1.82) is 5.26 Å². The lowest BCUT2D eigenvalue weighted by atomic mass is 10.1. The summed E-state index contributed by atoms with van der Waals surface area (Å²) in [5, 5.41) is 22.3. The van der Waals surface area contributed by atoms with Gasteiger partial charge in [0, 0.05) is 0 Å². The van der Waals surface area contributed by atoms with Crippen LogP contribution in [0.4, 0.5) is 5.82 Å². The van der Waals surface area contributed by atoms with Gasteiger partial charge in [0.1, 0.15) is 17.9 Å². The van der Waals surface area contributed by atoms with Crippen LogP contribution in [-0.2, 0) is 6.42 Å². The van der Waals surface area contributed by atoms with Crippen LogP contribution < -0.4 is 5.32 Å². The van der Waals surface area contributed by atoms with Crippen molar-refractivity contribution in [2.75, 3.05) is 5.32 Å². The fourth-order valence-electron chi connectivity index (χ4n) is 3.72. The van der Waals surface area contributed by atoms with E-state index in [4.69, 9.17) is 5.26 Å². The van der Waals surface area contributed by atoms with Gasteiger partial charge in [-0.05, 0) is 54.3 Å². The molecule has 7 heteroatoms. The van der Waals surface area contributed by atoms with Gasteiger partial charge in [-0.2, -0.15) is 5.26 Å². The fourth-order valence-corrected chi connectivity index (χ4v) is 3.72. The van der Waals surface area contributed by atoms with Crippen LogP contribution in [0.25, 0.3) is 16.9 Å². The number of imidazole rings is 1. The van der Waals surface area contributed by atoms with Gasteiger partial charge in [0.15, 0.2) is 5.82 Å². The van der Waals surface area contributed by atoms with Crippen LogP contribution >= 0.6 is 0 Å². The molecule has 0 aliphatic heterocycles. The number of benzene rings is 2. The number of aromatic hydroxyl groups is 1. The number of aryl methyl sites for hydroxylation is 1. The third-order valence-corrected chi connectivity index (χ3v) is 5.07. The highest BCUT2D eigenvalue weighted by atomic mass is 16.3. The highest BCUT2D eigenvalue weighted by Crippen LogP contribution is 2.35. The molecule has 1 atom stereocenters. The van der Waals surface area contributed by atoms with E-state index < -0.39 is 0 Å². The number of nitrogens with zero attached hydrogens (tertiary/aromatic N) is 5. The number of fused-ring (bicyclic) bond motifs is 2. The SMILES string of the molecule is N#Cc1ccc2c(c1)ncn2-c1cncc(NC2CCc3ccc(O)cc32)n1. The third-order valence-electron chi connectivity index (χ3n) is 5.07. The predicted molar refractivity (Wildman–Crippen MR) is 104 cm³/mol. The summed E-state index contributed by atoms with van der Waals surface area (Å²) in [6.45, 7) is 0. The van der Waals surface area contributed by atoms with Crippen molar-refractivity contribution in [3.8, 4) is 17.6 Å². The van der Waals surface area contributed by atoms with Crippen LogP contribution in [0.1, 0.15) is 29.2 Å². The van der Waals surface area contributed by atoms with Gasteiger partial charge in [0.05, 0.1) is 41.1 Å². The zero-order chi connectivity index (χ0) is 19.1. The standard InChI is InChI=1S/C21H16N6O/c22-9-13-1-6-19-18(7-13)24-12-27(19)21-11-23-10-20(26-21)25-17-5-3-14-2-4-15(28)8-16(14)17/h1-2,4,6-8,10-12,17,28H,3,5H2,(H,25,26). The van der Waals surface area contributed by atoms with Gasteiger partial charge < -0.3 is 10.4 Å². The van der Waals surface area contributed by atoms with Crippen LogP contribution in [0.3, 0.4) is 0 Å². The number of hydrogen-bond acceptors (Lipinski definition) is 6. The first-order valence-corrected chi connectivity index (χ1v) is 8.99. The Morgan fingerprint density at radius 3 is 3.00 bits per heavy atom. The molecule has 2 heterocycles. The first-order chi connectivity index (χ1) is 13.7. The summed E-state index contributed by atoms with van der Waals surface area (Å²) in [5.74, 6) is 1.58. The maximum absolute atomic E-state index is 9.80. The van der Waals surface area contributed by atoms with Crippen molar-refractivity contribution >= 4 is 16.9 Å². The van der Waals surface area contributed by atoms with Crippen molar-refractivity contribution in [2.24, 2.45) is 0 Å². The summed E-state index contributed by atoms with van der Waals surface area (Å²) in [4.78, 5) is 13.4. The van der Waals surface area contributed by atoms with Gasteiger partial charge in [0.25, 0.3) is 0 Å². The summed E-state index contributed by atoms with van der Waals surface area (Å²) in [6, 6.07) is 13.1.